The molecule has 1 atom stereocenters. The van der Waals surface area contributed by atoms with Crippen LogP contribution < -0.4 is 0 Å². The van der Waals surface area contributed by atoms with Crippen molar-refractivity contribution in [3.8, 4) is 0 Å². The summed E-state index contributed by atoms with van der Waals surface area (Å²) in [4.78, 5) is 0. The zero-order valence-electron chi connectivity index (χ0n) is 13.6. The number of hydrogen-bond acceptors (Lipinski definition) is 2. The van der Waals surface area contributed by atoms with E-state index in [2.05, 4.69) is 31.6 Å². The lowest BCUT2D eigenvalue weighted by Gasteiger charge is -2.16. The van der Waals surface area contributed by atoms with Crippen LogP contribution in [0.25, 0.3) is 0 Å². The van der Waals surface area contributed by atoms with Crippen LogP contribution in [0.1, 0.15) is 91.4 Å². The highest BCUT2D eigenvalue weighted by Crippen LogP contribution is 2.28. The van der Waals surface area contributed by atoms with E-state index in [9.17, 15) is 0 Å². The second-order valence-corrected chi connectivity index (χ2v) is 8.41. The Balaban J connectivity index is 3.63. The van der Waals surface area contributed by atoms with Gasteiger partial charge in [-0.3, -0.25) is 0 Å². The molecular weight excluding hydrogens is 268 g/mol. The second-order valence-electron chi connectivity index (χ2n) is 5.61. The molecular formula is C17H36S2. The van der Waals surface area contributed by atoms with Crippen LogP contribution in [0.15, 0.2) is 0 Å². The Kier molecular flexibility index (Phi) is 17.4. The van der Waals surface area contributed by atoms with Gasteiger partial charge in [-0.15, -0.1) is 0 Å². The number of hydrogen-bond donors (Lipinski definition) is 0. The third kappa shape index (κ3) is 14.9. The molecule has 0 fully saturated rings. The third-order valence-corrected chi connectivity index (χ3v) is 6.31. The fourth-order valence-electron chi connectivity index (χ4n) is 2.44. The zero-order chi connectivity index (χ0) is 14.2. The first-order chi connectivity index (χ1) is 9.35. The summed E-state index contributed by atoms with van der Waals surface area (Å²) in [5, 5.41) is 0. The van der Waals surface area contributed by atoms with E-state index in [1.165, 1.54) is 82.1 Å². The fourth-order valence-corrected chi connectivity index (χ4v) is 4.59. The maximum absolute atomic E-state index is 2.30. The summed E-state index contributed by atoms with van der Waals surface area (Å²) in [7, 11) is 4.15. The molecule has 0 aliphatic heterocycles. The largest absolute Gasteiger partial charge is 0.0944 e. The van der Waals surface area contributed by atoms with Crippen molar-refractivity contribution in [3.05, 3.63) is 0 Å². The zero-order valence-corrected chi connectivity index (χ0v) is 15.2. The van der Waals surface area contributed by atoms with Gasteiger partial charge in [-0.05, 0) is 18.8 Å². The van der Waals surface area contributed by atoms with Crippen LogP contribution in [0.2, 0.25) is 0 Å². The van der Waals surface area contributed by atoms with E-state index in [4.69, 9.17) is 0 Å². The van der Waals surface area contributed by atoms with Gasteiger partial charge in [0.25, 0.3) is 0 Å². The van der Waals surface area contributed by atoms with Gasteiger partial charge in [0.2, 0.25) is 0 Å². The lowest BCUT2D eigenvalue weighted by molar-refractivity contribution is 0.441. The maximum Gasteiger partial charge on any atom is 0.00653 e. The molecule has 0 N–H and O–H groups in total. The molecule has 0 saturated heterocycles. The van der Waals surface area contributed by atoms with Crippen molar-refractivity contribution in [3.63, 3.8) is 0 Å². The van der Waals surface area contributed by atoms with Gasteiger partial charge in [-0.25, -0.2) is 0 Å². The Morgan fingerprint density at radius 1 is 0.632 bits per heavy atom. The van der Waals surface area contributed by atoms with Crippen molar-refractivity contribution in [1.29, 1.82) is 0 Å². The van der Waals surface area contributed by atoms with Gasteiger partial charge in [-0.2, -0.15) is 0 Å². The van der Waals surface area contributed by atoms with Crippen molar-refractivity contribution in [2.75, 3.05) is 11.5 Å². The summed E-state index contributed by atoms with van der Waals surface area (Å²) in [6, 6.07) is 0. The average Bonchev–Trinajstić information content (AvgIpc) is 2.42. The normalized spacial score (nSPS) is 12.8. The van der Waals surface area contributed by atoms with Gasteiger partial charge in [0.05, 0.1) is 0 Å². The first-order valence-electron chi connectivity index (χ1n) is 8.59. The van der Waals surface area contributed by atoms with E-state index in [1.807, 2.05) is 10.8 Å². The summed E-state index contributed by atoms with van der Waals surface area (Å²) in [6.07, 6.45) is 15.8. The Morgan fingerprint density at radius 2 is 1.16 bits per heavy atom. The van der Waals surface area contributed by atoms with E-state index < -0.39 is 0 Å². The van der Waals surface area contributed by atoms with Crippen LogP contribution in [-0.4, -0.2) is 11.5 Å². The highest BCUT2D eigenvalue weighted by Gasteiger charge is 2.08. The van der Waals surface area contributed by atoms with E-state index >= 15 is 0 Å². The lowest BCUT2D eigenvalue weighted by Crippen LogP contribution is -2.04. The summed E-state index contributed by atoms with van der Waals surface area (Å²) < 4.78 is 0. The van der Waals surface area contributed by atoms with Crippen LogP contribution in [0.4, 0.5) is 0 Å². The van der Waals surface area contributed by atoms with Gasteiger partial charge < -0.3 is 0 Å². The molecule has 0 saturated carbocycles. The molecule has 0 bridgehead atoms. The van der Waals surface area contributed by atoms with Gasteiger partial charge in [-0.1, -0.05) is 100 Å². The lowest BCUT2D eigenvalue weighted by atomic mass is 9.96. The van der Waals surface area contributed by atoms with Crippen molar-refractivity contribution in [1.82, 2.24) is 0 Å². The van der Waals surface area contributed by atoms with Gasteiger partial charge >= 0.3 is 0 Å². The van der Waals surface area contributed by atoms with Gasteiger partial charge in [0, 0.05) is 11.5 Å². The molecule has 0 aliphatic rings. The van der Waals surface area contributed by atoms with E-state index in [1.54, 1.807) is 0 Å². The smallest absolute Gasteiger partial charge is 0.00653 e. The molecule has 0 aromatic heterocycles. The Morgan fingerprint density at radius 3 is 1.68 bits per heavy atom. The monoisotopic (exact) mass is 304 g/mol. The topological polar surface area (TPSA) is 0 Å². The van der Waals surface area contributed by atoms with Crippen molar-refractivity contribution < 1.29 is 0 Å². The van der Waals surface area contributed by atoms with Crippen molar-refractivity contribution in [2.45, 2.75) is 91.4 Å². The Hall–Kier alpha value is 0.700. The van der Waals surface area contributed by atoms with Gasteiger partial charge in [0.1, 0.15) is 0 Å². The van der Waals surface area contributed by atoms with E-state index in [-0.39, 0.29) is 0 Å². The van der Waals surface area contributed by atoms with Crippen LogP contribution in [-0.2, 0) is 0 Å². The highest BCUT2D eigenvalue weighted by molar-refractivity contribution is 8.76. The molecule has 1 unspecified atom stereocenters. The predicted octanol–water partition coefficient (Wildman–Crippen LogP) is 7.33. The molecule has 0 heterocycles. The van der Waals surface area contributed by atoms with Crippen LogP contribution in [0.3, 0.4) is 0 Å². The van der Waals surface area contributed by atoms with Crippen molar-refractivity contribution >= 4 is 21.6 Å². The van der Waals surface area contributed by atoms with Crippen LogP contribution >= 0.6 is 21.6 Å². The SMILES string of the molecule is CCCCCCCC(CCCCCC)CSSCC. The van der Waals surface area contributed by atoms with E-state index in [0.29, 0.717) is 0 Å². The molecule has 19 heavy (non-hydrogen) atoms. The van der Waals surface area contributed by atoms with Gasteiger partial charge in [0.15, 0.2) is 0 Å². The Labute approximate surface area is 130 Å². The van der Waals surface area contributed by atoms with Crippen LogP contribution in [0, 0.1) is 5.92 Å². The standard InChI is InChI=1S/C17H36S2/c1-4-7-9-11-13-15-17(16-19-18-6-3)14-12-10-8-5-2/h17H,4-16H2,1-3H3. The second kappa shape index (κ2) is 16.8. The van der Waals surface area contributed by atoms with Crippen molar-refractivity contribution in [2.24, 2.45) is 5.92 Å². The maximum atomic E-state index is 2.30. The summed E-state index contributed by atoms with van der Waals surface area (Å²) in [5.41, 5.74) is 0. The number of unbranched alkanes of at least 4 members (excludes halogenated alkanes) is 7. The minimum absolute atomic E-state index is 0.988. The quantitative estimate of drug-likeness (QED) is 0.229. The van der Waals surface area contributed by atoms with E-state index in [0.717, 1.165) is 5.92 Å². The predicted molar refractivity (Wildman–Crippen MR) is 96.2 cm³/mol. The molecule has 0 radical (unpaired) electrons. The number of rotatable bonds is 15. The average molecular weight is 305 g/mol. The summed E-state index contributed by atoms with van der Waals surface area (Å²) in [6.45, 7) is 6.87. The van der Waals surface area contributed by atoms with Crippen LogP contribution in [0.5, 0.6) is 0 Å². The first kappa shape index (κ1) is 19.7. The Bertz CT molecular complexity index is 159. The molecule has 0 aromatic carbocycles. The minimum Gasteiger partial charge on any atom is -0.0944 e. The highest BCUT2D eigenvalue weighted by atomic mass is 33.1. The molecule has 0 nitrogen and oxygen atoms in total. The first-order valence-corrected chi connectivity index (χ1v) is 11.1. The third-order valence-electron chi connectivity index (χ3n) is 3.69. The summed E-state index contributed by atoms with van der Waals surface area (Å²) in [5.74, 6) is 3.63. The molecule has 0 amide bonds. The molecule has 0 rings (SSSR count). The molecule has 0 aliphatic carbocycles. The molecule has 116 valence electrons. The molecule has 2 heteroatoms. The minimum atomic E-state index is 0.988. The summed E-state index contributed by atoms with van der Waals surface area (Å²) >= 11 is 0. The molecule has 0 aromatic rings. The molecule has 0 spiro atoms. The fraction of sp³-hybridized carbons (Fsp3) is 1.00.